The van der Waals surface area contributed by atoms with Gasteiger partial charge in [-0.1, -0.05) is 12.1 Å². The van der Waals surface area contributed by atoms with Gasteiger partial charge in [-0.2, -0.15) is 0 Å². The van der Waals surface area contributed by atoms with Crippen molar-refractivity contribution < 1.29 is 9.47 Å². The molecule has 4 heteroatoms. The second-order valence-electron chi connectivity index (χ2n) is 4.63. The van der Waals surface area contributed by atoms with Gasteiger partial charge in [-0.3, -0.25) is 5.43 Å². The lowest BCUT2D eigenvalue weighted by atomic mass is 10.1. The molecule has 0 amide bonds. The summed E-state index contributed by atoms with van der Waals surface area (Å²) in [7, 11) is 3.29. The molecule has 0 saturated carbocycles. The summed E-state index contributed by atoms with van der Waals surface area (Å²) in [4.78, 5) is 0. The molecule has 106 valence electrons. The van der Waals surface area contributed by atoms with Crippen molar-refractivity contribution >= 4 is 11.4 Å². The molecule has 0 radical (unpaired) electrons. The Labute approximate surface area is 119 Å². The average Bonchev–Trinajstić information content (AvgIpc) is 2.47. The lowest BCUT2D eigenvalue weighted by Crippen LogP contribution is -2.11. The van der Waals surface area contributed by atoms with Crippen LogP contribution in [0.3, 0.4) is 0 Å². The quantitative estimate of drug-likeness (QED) is 0.813. The van der Waals surface area contributed by atoms with Gasteiger partial charge in [0.25, 0.3) is 0 Å². The predicted molar refractivity (Wildman–Crippen MR) is 82.7 cm³/mol. The van der Waals surface area contributed by atoms with Gasteiger partial charge in [0.2, 0.25) is 0 Å². The number of methoxy groups -OCH3 is 2. The molecule has 0 heterocycles. The number of rotatable bonds is 5. The minimum absolute atomic E-state index is 0.753. The summed E-state index contributed by atoms with van der Waals surface area (Å²) in [6.07, 6.45) is 0. The first-order valence-corrected chi connectivity index (χ1v) is 6.45. The third-order valence-corrected chi connectivity index (χ3v) is 3.13. The number of nitrogens with one attached hydrogen (secondary N) is 2. The lowest BCUT2D eigenvalue weighted by molar-refractivity contribution is 0.404. The highest BCUT2D eigenvalue weighted by atomic mass is 16.5. The van der Waals surface area contributed by atoms with Gasteiger partial charge in [-0.15, -0.1) is 0 Å². The van der Waals surface area contributed by atoms with Crippen molar-refractivity contribution in [2.24, 2.45) is 0 Å². The van der Waals surface area contributed by atoms with Crippen LogP contribution in [0.25, 0.3) is 0 Å². The molecule has 0 fully saturated rings. The van der Waals surface area contributed by atoms with Crippen molar-refractivity contribution in [2.75, 3.05) is 25.1 Å². The molecule has 0 aliphatic carbocycles. The minimum atomic E-state index is 0.753. The molecule has 0 aliphatic rings. The highest BCUT2D eigenvalue weighted by molar-refractivity contribution is 5.64. The fourth-order valence-corrected chi connectivity index (χ4v) is 1.92. The Hall–Kier alpha value is -2.36. The summed E-state index contributed by atoms with van der Waals surface area (Å²) in [5.74, 6) is 1.53. The molecule has 2 aromatic carbocycles. The fraction of sp³-hybridized carbons (Fsp3) is 0.250. The van der Waals surface area contributed by atoms with Crippen molar-refractivity contribution in [1.29, 1.82) is 0 Å². The van der Waals surface area contributed by atoms with Crippen molar-refractivity contribution in [3.8, 4) is 11.5 Å². The first kappa shape index (κ1) is 14.1. The van der Waals surface area contributed by atoms with E-state index >= 15 is 0 Å². The van der Waals surface area contributed by atoms with Crippen LogP contribution in [0.1, 0.15) is 11.1 Å². The molecule has 0 unspecified atom stereocenters. The second-order valence-corrected chi connectivity index (χ2v) is 4.63. The van der Waals surface area contributed by atoms with Crippen molar-refractivity contribution in [1.82, 2.24) is 0 Å². The fourth-order valence-electron chi connectivity index (χ4n) is 1.92. The Balaban J connectivity index is 2.19. The molecular formula is C16H20N2O2. The molecule has 0 aliphatic heterocycles. The maximum atomic E-state index is 5.33. The second kappa shape index (κ2) is 6.19. The van der Waals surface area contributed by atoms with E-state index in [1.54, 1.807) is 14.2 Å². The molecule has 2 aromatic rings. The maximum Gasteiger partial charge on any atom is 0.144 e. The molecule has 4 nitrogen and oxygen atoms in total. The number of hydrogen-bond acceptors (Lipinski definition) is 4. The number of aryl methyl sites for hydroxylation is 2. The molecule has 0 aromatic heterocycles. The Kier molecular flexibility index (Phi) is 4.35. The van der Waals surface area contributed by atoms with E-state index in [9.17, 15) is 0 Å². The lowest BCUT2D eigenvalue weighted by Gasteiger charge is -2.16. The molecule has 0 saturated heterocycles. The molecule has 0 bridgehead atoms. The Bertz CT molecular complexity index is 597. The topological polar surface area (TPSA) is 42.5 Å². The van der Waals surface area contributed by atoms with E-state index < -0.39 is 0 Å². The summed E-state index contributed by atoms with van der Waals surface area (Å²) >= 11 is 0. The summed E-state index contributed by atoms with van der Waals surface area (Å²) in [6, 6.07) is 11.9. The zero-order valence-corrected chi connectivity index (χ0v) is 12.3. The zero-order chi connectivity index (χ0) is 14.5. The van der Waals surface area contributed by atoms with E-state index in [1.807, 2.05) is 18.2 Å². The van der Waals surface area contributed by atoms with E-state index in [4.69, 9.17) is 9.47 Å². The minimum Gasteiger partial charge on any atom is -0.497 e. The van der Waals surface area contributed by atoms with Crippen molar-refractivity contribution in [3.63, 3.8) is 0 Å². The van der Waals surface area contributed by atoms with Gasteiger partial charge in [0.05, 0.1) is 25.6 Å². The van der Waals surface area contributed by atoms with Gasteiger partial charge in [0, 0.05) is 6.07 Å². The third kappa shape index (κ3) is 3.15. The van der Waals surface area contributed by atoms with Crippen LogP contribution < -0.4 is 20.3 Å². The molecule has 2 rings (SSSR count). The van der Waals surface area contributed by atoms with Crippen molar-refractivity contribution in [3.05, 3.63) is 47.5 Å². The SMILES string of the molecule is COc1ccc(OC)c(NNc2cc(C)ccc2C)c1. The normalized spacial score (nSPS) is 10.0. The first-order valence-electron chi connectivity index (χ1n) is 6.45. The van der Waals surface area contributed by atoms with Crippen LogP contribution in [-0.4, -0.2) is 14.2 Å². The summed E-state index contributed by atoms with van der Waals surface area (Å²) < 4.78 is 10.6. The van der Waals surface area contributed by atoms with Crippen LogP contribution in [0.15, 0.2) is 36.4 Å². The number of benzene rings is 2. The monoisotopic (exact) mass is 272 g/mol. The number of hydrazine groups is 1. The van der Waals surface area contributed by atoms with E-state index in [0.29, 0.717) is 0 Å². The third-order valence-electron chi connectivity index (χ3n) is 3.13. The van der Waals surface area contributed by atoms with Crippen LogP contribution in [0, 0.1) is 13.8 Å². The number of hydrogen-bond donors (Lipinski definition) is 2. The average molecular weight is 272 g/mol. The largest absolute Gasteiger partial charge is 0.497 e. The standard InChI is InChI=1S/C16H20N2O2/c1-11-5-6-12(2)14(9-11)17-18-15-10-13(19-3)7-8-16(15)20-4/h5-10,17-18H,1-4H3. The number of anilines is 2. The van der Waals surface area contributed by atoms with Gasteiger partial charge in [0.15, 0.2) is 0 Å². The van der Waals surface area contributed by atoms with Crippen LogP contribution in [-0.2, 0) is 0 Å². The molecule has 20 heavy (non-hydrogen) atoms. The van der Waals surface area contributed by atoms with Crippen LogP contribution >= 0.6 is 0 Å². The van der Waals surface area contributed by atoms with E-state index in [0.717, 1.165) is 22.9 Å². The van der Waals surface area contributed by atoms with Crippen molar-refractivity contribution in [2.45, 2.75) is 13.8 Å². The van der Waals surface area contributed by atoms with Gasteiger partial charge in [-0.25, -0.2) is 0 Å². The van der Waals surface area contributed by atoms with Gasteiger partial charge < -0.3 is 14.9 Å². The molecule has 0 spiro atoms. The summed E-state index contributed by atoms with van der Waals surface area (Å²) in [5, 5.41) is 0. The molecule has 2 N–H and O–H groups in total. The van der Waals surface area contributed by atoms with Gasteiger partial charge >= 0.3 is 0 Å². The highest BCUT2D eigenvalue weighted by Gasteiger charge is 2.05. The van der Waals surface area contributed by atoms with Crippen LogP contribution in [0.2, 0.25) is 0 Å². The smallest absolute Gasteiger partial charge is 0.144 e. The van der Waals surface area contributed by atoms with E-state index in [1.165, 1.54) is 11.1 Å². The van der Waals surface area contributed by atoms with E-state index in [-0.39, 0.29) is 0 Å². The summed E-state index contributed by atoms with van der Waals surface area (Å²) in [6.45, 7) is 4.13. The van der Waals surface area contributed by atoms with Crippen LogP contribution in [0.5, 0.6) is 11.5 Å². The predicted octanol–water partition coefficient (Wildman–Crippen LogP) is 3.76. The van der Waals surface area contributed by atoms with Crippen LogP contribution in [0.4, 0.5) is 11.4 Å². The Morgan fingerprint density at radius 2 is 1.55 bits per heavy atom. The Morgan fingerprint density at radius 3 is 2.25 bits per heavy atom. The maximum absolute atomic E-state index is 5.33. The van der Waals surface area contributed by atoms with E-state index in [2.05, 4.69) is 42.9 Å². The Morgan fingerprint density at radius 1 is 0.800 bits per heavy atom. The van der Waals surface area contributed by atoms with Gasteiger partial charge in [0.1, 0.15) is 11.5 Å². The number of ether oxygens (including phenoxy) is 2. The molecular weight excluding hydrogens is 252 g/mol. The highest BCUT2D eigenvalue weighted by Crippen LogP contribution is 2.29. The molecule has 0 atom stereocenters. The zero-order valence-electron chi connectivity index (χ0n) is 12.3. The van der Waals surface area contributed by atoms with Gasteiger partial charge in [-0.05, 0) is 43.2 Å². The first-order chi connectivity index (χ1) is 9.63. The summed E-state index contributed by atoms with van der Waals surface area (Å²) in [5.41, 5.74) is 10.6.